The number of thioether (sulfide) groups is 1. The minimum absolute atomic E-state index is 0.0635. The molecule has 0 atom stereocenters. The van der Waals surface area contributed by atoms with Crippen LogP contribution in [0, 0.1) is 0 Å². The molecule has 0 amide bonds. The van der Waals surface area contributed by atoms with Crippen molar-refractivity contribution in [3.05, 3.63) is 63.3 Å². The summed E-state index contributed by atoms with van der Waals surface area (Å²) in [4.78, 5) is 24.6. The van der Waals surface area contributed by atoms with Crippen LogP contribution in [0.3, 0.4) is 0 Å². The lowest BCUT2D eigenvalue weighted by molar-refractivity contribution is -0.128. The number of aldehydes is 1. The summed E-state index contributed by atoms with van der Waals surface area (Å²) in [6.45, 7) is 2.25. The number of aromatic amines is 1. The van der Waals surface area contributed by atoms with E-state index in [4.69, 9.17) is 16.7 Å². The van der Waals surface area contributed by atoms with Crippen LogP contribution in [-0.4, -0.2) is 56.3 Å². The molecule has 4 rings (SSSR count). The summed E-state index contributed by atoms with van der Waals surface area (Å²) in [6.07, 6.45) is -2.28. The third kappa shape index (κ3) is 7.88. The molecule has 0 aliphatic carbocycles. The maximum absolute atomic E-state index is 11.8. The molecular formula is C20H22ClF3N4O3S. The fourth-order valence-corrected chi connectivity index (χ4v) is 3.69. The Morgan fingerprint density at radius 1 is 1.38 bits per heavy atom. The summed E-state index contributed by atoms with van der Waals surface area (Å²) in [5, 5.41) is 15.1. The van der Waals surface area contributed by atoms with E-state index in [2.05, 4.69) is 22.3 Å². The predicted molar refractivity (Wildman–Crippen MR) is 119 cm³/mol. The second-order valence-electron chi connectivity index (χ2n) is 7.20. The van der Waals surface area contributed by atoms with Gasteiger partial charge in [0.15, 0.2) is 11.7 Å². The van der Waals surface area contributed by atoms with Gasteiger partial charge in [0, 0.05) is 47.6 Å². The highest BCUT2D eigenvalue weighted by atomic mass is 35.5. The van der Waals surface area contributed by atoms with Crippen LogP contribution >= 0.6 is 23.4 Å². The average Bonchev–Trinajstić information content (AvgIpc) is 3.11. The highest BCUT2D eigenvalue weighted by Crippen LogP contribution is 2.28. The molecule has 174 valence electrons. The fraction of sp³-hybridized carbons (Fsp3) is 0.350. The maximum atomic E-state index is 11.8. The first-order chi connectivity index (χ1) is 14.9. The van der Waals surface area contributed by atoms with E-state index in [1.807, 2.05) is 18.8 Å². The number of hydrogen-bond acceptors (Lipinski definition) is 6. The number of aromatic hydroxyl groups is 1. The van der Waals surface area contributed by atoms with E-state index in [1.165, 1.54) is 23.6 Å². The van der Waals surface area contributed by atoms with Crippen molar-refractivity contribution in [1.82, 2.24) is 19.9 Å². The van der Waals surface area contributed by atoms with Gasteiger partial charge >= 0.3 is 6.18 Å². The molecule has 1 saturated heterocycles. The molecule has 1 fully saturated rings. The van der Waals surface area contributed by atoms with E-state index in [9.17, 15) is 22.8 Å². The van der Waals surface area contributed by atoms with E-state index in [1.54, 1.807) is 16.8 Å². The Morgan fingerprint density at radius 2 is 2.06 bits per heavy atom. The Bertz CT molecular complexity index is 1110. The SMILES string of the molecule is CNC1(C)CSC1.O=Cc1cc2cc(=O)ccn2[nH]1.Oc1cc(Cl)cnc1CC(F)(F)F. The van der Waals surface area contributed by atoms with Crippen LogP contribution in [0.4, 0.5) is 13.2 Å². The Balaban J connectivity index is 0.000000178. The van der Waals surface area contributed by atoms with Crippen molar-refractivity contribution in [3.8, 4) is 5.75 Å². The third-order valence-corrected chi connectivity index (χ3v) is 6.25. The number of alkyl halides is 3. The van der Waals surface area contributed by atoms with Gasteiger partial charge in [-0.1, -0.05) is 11.6 Å². The van der Waals surface area contributed by atoms with Crippen molar-refractivity contribution in [2.45, 2.75) is 25.1 Å². The molecule has 1 aliphatic heterocycles. The smallest absolute Gasteiger partial charge is 0.394 e. The fourth-order valence-electron chi connectivity index (χ4n) is 2.44. The lowest BCUT2D eigenvalue weighted by Gasteiger charge is -2.37. The summed E-state index contributed by atoms with van der Waals surface area (Å²) in [7, 11) is 2.03. The van der Waals surface area contributed by atoms with Crippen LogP contribution in [0.15, 0.2) is 41.5 Å². The molecule has 32 heavy (non-hydrogen) atoms. The monoisotopic (exact) mass is 490 g/mol. The quantitative estimate of drug-likeness (QED) is 0.484. The topological polar surface area (TPSA) is 99.5 Å². The Labute approximate surface area is 191 Å². The summed E-state index contributed by atoms with van der Waals surface area (Å²) in [5.41, 5.74) is 1.15. The molecular weight excluding hydrogens is 469 g/mol. The minimum atomic E-state index is -4.38. The Morgan fingerprint density at radius 3 is 2.53 bits per heavy atom. The van der Waals surface area contributed by atoms with E-state index < -0.39 is 24.0 Å². The molecule has 1 aliphatic rings. The molecule has 0 spiro atoms. The normalized spacial score (nSPS) is 14.4. The number of aromatic nitrogens is 3. The van der Waals surface area contributed by atoms with Crippen molar-refractivity contribution in [1.29, 1.82) is 0 Å². The van der Waals surface area contributed by atoms with E-state index >= 15 is 0 Å². The van der Waals surface area contributed by atoms with Crippen molar-refractivity contribution in [3.63, 3.8) is 0 Å². The van der Waals surface area contributed by atoms with Crippen molar-refractivity contribution in [2.75, 3.05) is 18.6 Å². The largest absolute Gasteiger partial charge is 0.506 e. The van der Waals surface area contributed by atoms with Crippen LogP contribution in [0.5, 0.6) is 5.75 Å². The Hall–Kier alpha value is -2.50. The van der Waals surface area contributed by atoms with Crippen LogP contribution in [0.1, 0.15) is 23.1 Å². The number of nitrogens with zero attached hydrogens (tertiary/aromatic N) is 2. The van der Waals surface area contributed by atoms with Crippen LogP contribution in [0.2, 0.25) is 5.02 Å². The average molecular weight is 491 g/mol. The van der Waals surface area contributed by atoms with E-state index in [-0.39, 0.29) is 10.5 Å². The van der Waals surface area contributed by atoms with E-state index in [0.29, 0.717) is 23.0 Å². The lowest BCUT2D eigenvalue weighted by Crippen LogP contribution is -2.51. The predicted octanol–water partition coefficient (Wildman–Crippen LogP) is 3.70. The highest BCUT2D eigenvalue weighted by Gasteiger charge is 2.30. The molecule has 0 aromatic carbocycles. The van der Waals surface area contributed by atoms with Gasteiger partial charge in [0.25, 0.3) is 0 Å². The molecule has 3 aromatic rings. The Kier molecular flexibility index (Phi) is 8.76. The van der Waals surface area contributed by atoms with Gasteiger partial charge in [0.2, 0.25) is 0 Å². The number of H-pyrrole nitrogens is 1. The first-order valence-electron chi connectivity index (χ1n) is 9.28. The molecule has 0 bridgehead atoms. The summed E-state index contributed by atoms with van der Waals surface area (Å²) in [6, 6.07) is 5.53. The number of halogens is 4. The molecule has 0 radical (unpaired) electrons. The summed E-state index contributed by atoms with van der Waals surface area (Å²) < 4.78 is 37.1. The van der Waals surface area contributed by atoms with Gasteiger partial charge < -0.3 is 10.4 Å². The van der Waals surface area contributed by atoms with Gasteiger partial charge in [0.05, 0.1) is 28.3 Å². The maximum Gasteiger partial charge on any atom is 0.394 e. The molecule has 4 heterocycles. The van der Waals surface area contributed by atoms with Gasteiger partial charge in [0.1, 0.15) is 5.75 Å². The molecule has 0 unspecified atom stereocenters. The van der Waals surface area contributed by atoms with Gasteiger partial charge in [-0.25, -0.2) is 0 Å². The summed E-state index contributed by atoms with van der Waals surface area (Å²) >= 11 is 7.39. The van der Waals surface area contributed by atoms with E-state index in [0.717, 1.165) is 12.3 Å². The number of carbonyl (C=O) groups is 1. The zero-order valence-electron chi connectivity index (χ0n) is 17.2. The van der Waals surface area contributed by atoms with Gasteiger partial charge in [-0.05, 0) is 20.0 Å². The van der Waals surface area contributed by atoms with Crippen LogP contribution < -0.4 is 10.7 Å². The number of carbonyl (C=O) groups excluding carboxylic acids is 1. The number of fused-ring (bicyclic) bond motifs is 1. The third-order valence-electron chi connectivity index (χ3n) is 4.36. The lowest BCUT2D eigenvalue weighted by atomic mass is 10.1. The number of hydrogen-bond donors (Lipinski definition) is 3. The molecule has 12 heteroatoms. The zero-order valence-corrected chi connectivity index (χ0v) is 18.8. The van der Waals surface area contributed by atoms with Gasteiger partial charge in [-0.15, -0.1) is 0 Å². The molecule has 3 N–H and O–H groups in total. The second kappa shape index (κ2) is 10.9. The molecule has 0 saturated carbocycles. The van der Waals surface area contributed by atoms with Gasteiger partial charge in [-0.3, -0.25) is 24.2 Å². The number of rotatable bonds is 3. The van der Waals surface area contributed by atoms with Crippen molar-refractivity contribution >= 4 is 35.2 Å². The number of pyridine rings is 2. The van der Waals surface area contributed by atoms with Gasteiger partial charge in [-0.2, -0.15) is 24.9 Å². The van der Waals surface area contributed by atoms with Crippen LogP contribution in [0.25, 0.3) is 5.52 Å². The standard InChI is InChI=1S/C8H6N2O2.C7H5ClF3NO.C5H11NS/c11-5-6-3-7-4-8(12)1-2-10(7)9-6;8-4-1-6(13)5(12-3-4)2-7(9,10)11;1-5(6-2)3-7-4-5/h1-5,9H;1,3,13H,2H2;6H,3-4H2,1-2H3. The molecule has 3 aromatic heterocycles. The van der Waals surface area contributed by atoms with Crippen LogP contribution in [-0.2, 0) is 6.42 Å². The first-order valence-corrected chi connectivity index (χ1v) is 10.8. The second-order valence-corrected chi connectivity index (χ2v) is 8.62. The highest BCUT2D eigenvalue weighted by molar-refractivity contribution is 8.00. The zero-order chi connectivity index (χ0) is 23.9. The van der Waals surface area contributed by atoms with Crippen molar-refractivity contribution < 1.29 is 23.1 Å². The first kappa shape index (κ1) is 25.8. The molecule has 7 nitrogen and oxygen atoms in total. The van der Waals surface area contributed by atoms with Crippen molar-refractivity contribution in [2.24, 2.45) is 0 Å². The minimum Gasteiger partial charge on any atom is -0.506 e. The number of nitrogens with one attached hydrogen (secondary N) is 2. The summed E-state index contributed by atoms with van der Waals surface area (Å²) in [5.74, 6) is 2.03.